The summed E-state index contributed by atoms with van der Waals surface area (Å²) in [5.41, 5.74) is 9.20. The molecule has 2 aromatic heterocycles. The van der Waals surface area contributed by atoms with Crippen LogP contribution in [0.4, 0.5) is 10.2 Å². The fourth-order valence-electron chi connectivity index (χ4n) is 4.23. The number of nitrogens with zero attached hydrogens (tertiary/aromatic N) is 5. The monoisotopic (exact) mass is 492 g/mol. The fraction of sp³-hybridized carbons (Fsp3) is 0.346. The van der Waals surface area contributed by atoms with Gasteiger partial charge in [-0.3, -0.25) is 4.90 Å². The second kappa shape index (κ2) is 10.9. The predicted octanol–water partition coefficient (Wildman–Crippen LogP) is 3.53. The number of hydrogen-bond acceptors (Lipinski definition) is 8. The van der Waals surface area contributed by atoms with E-state index < -0.39 is 0 Å². The molecule has 36 heavy (non-hydrogen) atoms. The molecule has 0 atom stereocenters. The van der Waals surface area contributed by atoms with Gasteiger partial charge < -0.3 is 19.9 Å². The maximum atomic E-state index is 13.5. The lowest BCUT2D eigenvalue weighted by molar-refractivity contribution is 0.137. The summed E-state index contributed by atoms with van der Waals surface area (Å²) in [7, 11) is 0. The standard InChI is InChI=1S/C26H29FN6O3/c1-18-14-21(6-7-22(18)36-16-19-4-2-5-20(27)15-19)33-25-23(24(28)29-17-30-25)26(31-33)35-13-10-32-8-3-11-34-12-9-32/h2,4-7,14-15,17H,3,8-13,16H2,1H3,(H2,28,29,30). The molecule has 188 valence electrons. The van der Waals surface area contributed by atoms with Crippen LogP contribution in [0.2, 0.25) is 0 Å². The van der Waals surface area contributed by atoms with Crippen molar-refractivity contribution in [3.8, 4) is 17.3 Å². The minimum absolute atomic E-state index is 0.271. The predicted molar refractivity (Wildman–Crippen MR) is 134 cm³/mol. The lowest BCUT2D eigenvalue weighted by Gasteiger charge is -2.18. The van der Waals surface area contributed by atoms with Crippen LogP contribution in [-0.2, 0) is 11.3 Å². The normalized spacial score (nSPS) is 14.6. The molecule has 0 aliphatic carbocycles. The lowest BCUT2D eigenvalue weighted by atomic mass is 10.2. The first-order valence-electron chi connectivity index (χ1n) is 12.0. The van der Waals surface area contributed by atoms with Gasteiger partial charge in [-0.2, -0.15) is 0 Å². The highest BCUT2D eigenvalue weighted by Crippen LogP contribution is 2.31. The van der Waals surface area contributed by atoms with Gasteiger partial charge in [-0.25, -0.2) is 19.0 Å². The Morgan fingerprint density at radius 1 is 1.08 bits per heavy atom. The molecule has 0 saturated carbocycles. The van der Waals surface area contributed by atoms with Gasteiger partial charge >= 0.3 is 0 Å². The van der Waals surface area contributed by atoms with Crippen molar-refractivity contribution in [2.45, 2.75) is 20.0 Å². The summed E-state index contributed by atoms with van der Waals surface area (Å²) in [5.74, 6) is 1.13. The van der Waals surface area contributed by atoms with Crippen molar-refractivity contribution >= 4 is 16.9 Å². The minimum atomic E-state index is -0.284. The summed E-state index contributed by atoms with van der Waals surface area (Å²) >= 11 is 0. The third kappa shape index (κ3) is 5.39. The average Bonchev–Trinajstić information content (AvgIpc) is 3.04. The van der Waals surface area contributed by atoms with E-state index in [4.69, 9.17) is 19.9 Å². The molecule has 1 aliphatic rings. The number of aromatic nitrogens is 4. The van der Waals surface area contributed by atoms with Crippen LogP contribution in [0.15, 0.2) is 48.8 Å². The third-order valence-corrected chi connectivity index (χ3v) is 6.11. The van der Waals surface area contributed by atoms with Crippen molar-refractivity contribution in [3.63, 3.8) is 0 Å². The van der Waals surface area contributed by atoms with E-state index >= 15 is 0 Å². The third-order valence-electron chi connectivity index (χ3n) is 6.11. The molecule has 0 radical (unpaired) electrons. The molecule has 4 aromatic rings. The Morgan fingerprint density at radius 3 is 2.86 bits per heavy atom. The molecule has 0 unspecified atom stereocenters. The average molecular weight is 493 g/mol. The first-order chi connectivity index (χ1) is 17.6. The Balaban J connectivity index is 1.34. The molecule has 3 heterocycles. The highest BCUT2D eigenvalue weighted by atomic mass is 19.1. The fourth-order valence-corrected chi connectivity index (χ4v) is 4.23. The van der Waals surface area contributed by atoms with Crippen LogP contribution in [-0.4, -0.2) is 64.1 Å². The molecule has 10 heteroatoms. The van der Waals surface area contributed by atoms with Gasteiger partial charge in [0, 0.05) is 26.2 Å². The number of anilines is 1. The number of halogens is 1. The zero-order valence-corrected chi connectivity index (χ0v) is 20.2. The molecule has 0 bridgehead atoms. The summed E-state index contributed by atoms with van der Waals surface area (Å²) in [4.78, 5) is 10.9. The zero-order valence-electron chi connectivity index (χ0n) is 20.2. The number of rotatable bonds is 8. The first-order valence-corrected chi connectivity index (χ1v) is 12.0. The van der Waals surface area contributed by atoms with Crippen LogP contribution < -0.4 is 15.2 Å². The Kier molecular flexibility index (Phi) is 7.24. The van der Waals surface area contributed by atoms with Crippen LogP contribution in [0.3, 0.4) is 0 Å². The van der Waals surface area contributed by atoms with Gasteiger partial charge in [0.15, 0.2) is 5.65 Å². The van der Waals surface area contributed by atoms with Gasteiger partial charge in [0.2, 0.25) is 5.88 Å². The van der Waals surface area contributed by atoms with E-state index in [9.17, 15) is 4.39 Å². The number of ether oxygens (including phenoxy) is 3. The van der Waals surface area contributed by atoms with E-state index in [1.54, 1.807) is 10.7 Å². The number of benzene rings is 2. The Labute approximate surface area is 208 Å². The van der Waals surface area contributed by atoms with Gasteiger partial charge in [-0.1, -0.05) is 12.1 Å². The topological polar surface area (TPSA) is 101 Å². The van der Waals surface area contributed by atoms with Crippen molar-refractivity contribution in [3.05, 3.63) is 65.7 Å². The van der Waals surface area contributed by atoms with Crippen LogP contribution >= 0.6 is 0 Å². The molecule has 9 nitrogen and oxygen atoms in total. The molecule has 5 rings (SSSR count). The van der Waals surface area contributed by atoms with Gasteiger partial charge in [-0.15, -0.1) is 5.10 Å². The molecule has 2 aromatic carbocycles. The maximum Gasteiger partial charge on any atom is 0.246 e. The summed E-state index contributed by atoms with van der Waals surface area (Å²) in [6.45, 7) is 6.85. The van der Waals surface area contributed by atoms with E-state index in [2.05, 4.69) is 20.0 Å². The van der Waals surface area contributed by atoms with Crippen molar-refractivity contribution in [2.24, 2.45) is 0 Å². The number of fused-ring (bicyclic) bond motifs is 1. The van der Waals surface area contributed by atoms with Crippen molar-refractivity contribution in [1.29, 1.82) is 0 Å². The van der Waals surface area contributed by atoms with Gasteiger partial charge in [0.05, 0.1) is 12.3 Å². The van der Waals surface area contributed by atoms with E-state index in [1.807, 2.05) is 31.2 Å². The maximum absolute atomic E-state index is 13.5. The second-order valence-corrected chi connectivity index (χ2v) is 8.70. The smallest absolute Gasteiger partial charge is 0.246 e. The highest BCUT2D eigenvalue weighted by Gasteiger charge is 2.19. The summed E-state index contributed by atoms with van der Waals surface area (Å²) in [5, 5.41) is 5.27. The SMILES string of the molecule is Cc1cc(-n2nc(OCCN3CCCOCC3)c3c(N)ncnc32)ccc1OCc1cccc(F)c1. The Morgan fingerprint density at radius 2 is 2.00 bits per heavy atom. The minimum Gasteiger partial charge on any atom is -0.489 e. The van der Waals surface area contributed by atoms with Crippen LogP contribution in [0, 0.1) is 12.7 Å². The van der Waals surface area contributed by atoms with E-state index in [1.165, 1.54) is 18.5 Å². The molecule has 1 fully saturated rings. The van der Waals surface area contributed by atoms with Crippen LogP contribution in [0.25, 0.3) is 16.7 Å². The molecule has 1 saturated heterocycles. The summed E-state index contributed by atoms with van der Waals surface area (Å²) in [6, 6.07) is 12.1. The van der Waals surface area contributed by atoms with Crippen molar-refractivity contribution in [1.82, 2.24) is 24.6 Å². The first kappa shape index (κ1) is 24.0. The summed E-state index contributed by atoms with van der Waals surface area (Å²) in [6.07, 6.45) is 2.43. The number of hydrogen-bond donors (Lipinski definition) is 1. The van der Waals surface area contributed by atoms with Crippen molar-refractivity contribution in [2.75, 3.05) is 45.2 Å². The van der Waals surface area contributed by atoms with E-state index in [0.717, 1.165) is 56.1 Å². The number of aryl methyl sites for hydroxylation is 1. The van der Waals surface area contributed by atoms with Gasteiger partial charge in [-0.05, 0) is 54.8 Å². The molecular weight excluding hydrogens is 463 g/mol. The zero-order chi connectivity index (χ0) is 24.9. The summed E-state index contributed by atoms with van der Waals surface area (Å²) < 4.78 is 32.7. The molecule has 2 N–H and O–H groups in total. The second-order valence-electron chi connectivity index (χ2n) is 8.70. The highest BCUT2D eigenvalue weighted by molar-refractivity contribution is 5.91. The number of nitrogens with two attached hydrogens (primary N) is 1. The van der Waals surface area contributed by atoms with E-state index in [0.29, 0.717) is 35.1 Å². The molecular formula is C26H29FN6O3. The molecule has 1 aliphatic heterocycles. The lowest BCUT2D eigenvalue weighted by Crippen LogP contribution is -2.30. The van der Waals surface area contributed by atoms with Gasteiger partial charge in [0.25, 0.3) is 0 Å². The van der Waals surface area contributed by atoms with Crippen LogP contribution in [0.1, 0.15) is 17.5 Å². The number of nitrogen functional groups attached to an aromatic ring is 1. The van der Waals surface area contributed by atoms with E-state index in [-0.39, 0.29) is 12.4 Å². The Hall–Kier alpha value is -3.76. The largest absolute Gasteiger partial charge is 0.489 e. The van der Waals surface area contributed by atoms with Gasteiger partial charge in [0.1, 0.15) is 42.3 Å². The van der Waals surface area contributed by atoms with Crippen LogP contribution in [0.5, 0.6) is 11.6 Å². The Bertz CT molecular complexity index is 1340. The molecule has 0 spiro atoms. The molecule has 0 amide bonds. The quantitative estimate of drug-likeness (QED) is 0.399. The van der Waals surface area contributed by atoms with Crippen molar-refractivity contribution < 1.29 is 18.6 Å².